The van der Waals surface area contributed by atoms with Gasteiger partial charge in [-0.2, -0.15) is 0 Å². The summed E-state index contributed by atoms with van der Waals surface area (Å²) in [5, 5.41) is 6.27. The third-order valence-corrected chi connectivity index (χ3v) is 15.1. The van der Waals surface area contributed by atoms with Crippen LogP contribution in [-0.4, -0.2) is 0 Å². The zero-order chi connectivity index (χ0) is 37.4. The number of nitrogens with zero attached hydrogens (tertiary/aromatic N) is 1. The molecule has 2 aromatic heterocycles. The molecule has 0 spiro atoms. The number of hydrogen-bond donors (Lipinski definition) is 0. The van der Waals surface area contributed by atoms with E-state index in [1.165, 1.54) is 98.1 Å². The Kier molecular flexibility index (Phi) is 7.17. The predicted octanol–water partition coefficient (Wildman–Crippen LogP) is 15.1. The second-order valence-corrected chi connectivity index (χ2v) is 19.7. The summed E-state index contributed by atoms with van der Waals surface area (Å²) >= 11 is 4.58. The lowest BCUT2D eigenvalue weighted by atomic mass is 9.79. The van der Waals surface area contributed by atoms with Crippen molar-refractivity contribution < 1.29 is 4.42 Å². The smallest absolute Gasteiger partial charge is 0.144 e. The van der Waals surface area contributed by atoms with Gasteiger partial charge in [0.15, 0.2) is 0 Å². The van der Waals surface area contributed by atoms with Gasteiger partial charge in [0.1, 0.15) is 11.2 Å². The Morgan fingerprint density at radius 2 is 1.53 bits per heavy atom. The molecule has 2 atom stereocenters. The maximum Gasteiger partial charge on any atom is 0.144 e. The fourth-order valence-electron chi connectivity index (χ4n) is 10.3. The third-order valence-electron chi connectivity index (χ3n) is 12.8. The zero-order valence-electron chi connectivity index (χ0n) is 31.6. The molecule has 268 valence electrons. The summed E-state index contributed by atoms with van der Waals surface area (Å²) < 4.78 is 8.08. The van der Waals surface area contributed by atoms with Crippen molar-refractivity contribution in [1.82, 2.24) is 0 Å². The Morgan fingerprint density at radius 1 is 0.818 bits per heavy atom. The van der Waals surface area contributed by atoms with Gasteiger partial charge < -0.3 is 9.32 Å². The number of furan rings is 1. The Hall–Kier alpha value is -4.91. The van der Waals surface area contributed by atoms with Crippen LogP contribution >= 0.6 is 33.9 Å². The molecule has 0 fully saturated rings. The number of aryl methyl sites for hydroxylation is 1. The fourth-order valence-corrected chi connectivity index (χ4v) is 12.3. The molecule has 0 saturated carbocycles. The van der Waals surface area contributed by atoms with Gasteiger partial charge in [-0.3, -0.25) is 0 Å². The van der Waals surface area contributed by atoms with E-state index >= 15 is 0 Å². The van der Waals surface area contributed by atoms with Crippen LogP contribution in [0.25, 0.3) is 60.0 Å². The highest BCUT2D eigenvalue weighted by Crippen LogP contribution is 2.59. The maximum atomic E-state index is 6.82. The molecule has 0 radical (unpaired) electrons. The molecule has 2 heterocycles. The Balaban J connectivity index is 1.13. The molecule has 2 nitrogen and oxygen atoms in total. The molecule has 0 bridgehead atoms. The molecule has 3 aliphatic rings. The van der Waals surface area contributed by atoms with Crippen molar-refractivity contribution in [3.8, 4) is 11.1 Å². The van der Waals surface area contributed by atoms with Crippen LogP contribution in [0.2, 0.25) is 0 Å². The van der Waals surface area contributed by atoms with Gasteiger partial charge in [0.2, 0.25) is 0 Å². The molecule has 55 heavy (non-hydrogen) atoms. The van der Waals surface area contributed by atoms with Crippen LogP contribution in [0.1, 0.15) is 72.7 Å². The highest BCUT2D eigenvalue weighted by molar-refractivity contribution is 14.1. The summed E-state index contributed by atoms with van der Waals surface area (Å²) in [4.78, 5) is 3.87. The van der Waals surface area contributed by atoms with Crippen LogP contribution in [0, 0.1) is 6.92 Å². The summed E-state index contributed by atoms with van der Waals surface area (Å²) in [5.41, 5.74) is 16.2. The highest BCUT2D eigenvalue weighted by atomic mass is 127. The van der Waals surface area contributed by atoms with E-state index < -0.39 is 0 Å². The number of allylic oxidation sites excluding steroid dienone is 4. The van der Waals surface area contributed by atoms with Crippen LogP contribution in [0.3, 0.4) is 0 Å². The first kappa shape index (κ1) is 33.4. The zero-order valence-corrected chi connectivity index (χ0v) is 34.6. The molecule has 0 N–H and O–H groups in total. The number of para-hydroxylation sites is 1. The van der Waals surface area contributed by atoms with Gasteiger partial charge in [0, 0.05) is 59.7 Å². The molecule has 8 aromatic rings. The summed E-state index contributed by atoms with van der Waals surface area (Å²) in [6, 6.07) is 42.5. The van der Waals surface area contributed by atoms with Crippen molar-refractivity contribution in [2.24, 2.45) is 0 Å². The third kappa shape index (κ3) is 4.64. The summed E-state index contributed by atoms with van der Waals surface area (Å²) in [5.74, 6) is 0.406. The van der Waals surface area contributed by atoms with Gasteiger partial charge in [0.05, 0.1) is 3.42 Å². The van der Waals surface area contributed by atoms with Crippen molar-refractivity contribution in [2.45, 2.75) is 55.8 Å². The summed E-state index contributed by atoms with van der Waals surface area (Å²) in [7, 11) is 0. The molecule has 3 aliphatic carbocycles. The number of hydrogen-bond acceptors (Lipinski definition) is 3. The number of anilines is 1. The van der Waals surface area contributed by atoms with Crippen LogP contribution < -0.4 is 4.90 Å². The van der Waals surface area contributed by atoms with Crippen molar-refractivity contribution in [1.29, 1.82) is 0 Å². The monoisotopic (exact) mass is 841 g/mol. The molecule has 0 amide bonds. The second-order valence-electron chi connectivity index (χ2n) is 16.2. The van der Waals surface area contributed by atoms with Gasteiger partial charge in [-0.25, -0.2) is 0 Å². The van der Waals surface area contributed by atoms with Crippen molar-refractivity contribution in [3.05, 3.63) is 177 Å². The van der Waals surface area contributed by atoms with Crippen LogP contribution in [0.15, 0.2) is 149 Å². The minimum Gasteiger partial charge on any atom is -0.455 e. The quantitative estimate of drug-likeness (QED) is 0.130. The SMILES string of the molecule is C/C(=C\c1c(C)sc2ccccc12)N(C1=CCC2C(=C1)C(C)(I)c1ccccc12)c1ccc2c(c1)C(C)(C)c1c-2c2oc3ccccc3c2c2ccccc12. The largest absolute Gasteiger partial charge is 0.455 e. The normalized spacial score (nSPS) is 19.7. The highest BCUT2D eigenvalue weighted by Gasteiger charge is 2.44. The number of alkyl halides is 1. The molecule has 11 rings (SSSR count). The van der Waals surface area contributed by atoms with Gasteiger partial charge in [0.25, 0.3) is 0 Å². The first-order chi connectivity index (χ1) is 26.6. The van der Waals surface area contributed by atoms with Gasteiger partial charge in [-0.05, 0) is 113 Å². The van der Waals surface area contributed by atoms with E-state index in [-0.39, 0.29) is 8.84 Å². The van der Waals surface area contributed by atoms with E-state index in [4.69, 9.17) is 4.42 Å². The number of fused-ring (bicyclic) bond motifs is 14. The number of rotatable bonds is 4. The lowest BCUT2D eigenvalue weighted by molar-refractivity contribution is 0.657. The average Bonchev–Trinajstić information content (AvgIpc) is 3.87. The van der Waals surface area contributed by atoms with Gasteiger partial charge in [-0.15, -0.1) is 11.3 Å². The predicted molar refractivity (Wildman–Crippen MR) is 243 cm³/mol. The van der Waals surface area contributed by atoms with Gasteiger partial charge in [-0.1, -0.05) is 134 Å². The van der Waals surface area contributed by atoms with E-state index in [0.717, 1.165) is 17.6 Å². The molecule has 6 aromatic carbocycles. The lowest BCUT2D eigenvalue weighted by Crippen LogP contribution is -2.24. The minimum absolute atomic E-state index is 0.0669. The van der Waals surface area contributed by atoms with Crippen LogP contribution in [0.5, 0.6) is 0 Å². The van der Waals surface area contributed by atoms with Crippen molar-refractivity contribution >= 4 is 88.5 Å². The molecule has 4 heteroatoms. The van der Waals surface area contributed by atoms with Crippen molar-refractivity contribution in [3.63, 3.8) is 0 Å². The minimum atomic E-state index is -0.255. The molecule has 0 saturated heterocycles. The van der Waals surface area contributed by atoms with E-state index in [1.54, 1.807) is 0 Å². The number of halogens is 1. The van der Waals surface area contributed by atoms with Gasteiger partial charge >= 0.3 is 0 Å². The molecule has 0 aliphatic heterocycles. The Labute approximate surface area is 339 Å². The first-order valence-corrected chi connectivity index (χ1v) is 21.2. The standard InChI is InChI=1S/C51H40INOS/c1-29(26-40-30(2)55-45-21-13-10-15-35(40)45)53(32-22-24-34-33-14-8-11-19-41(33)51(5,52)43(34)28-32)31-23-25-38-42(27-31)50(3,4)48-37-17-7-6-16-36(37)46-39-18-9-12-20-44(39)54-49(46)47(38)48/h6-23,25-28,34H,24H2,1-5H3/b29-26+. The number of benzene rings is 6. The van der Waals surface area contributed by atoms with E-state index in [1.807, 2.05) is 11.3 Å². The number of thiophene rings is 1. The van der Waals surface area contributed by atoms with Crippen LogP contribution in [-0.2, 0) is 8.84 Å². The topological polar surface area (TPSA) is 16.4 Å². The summed E-state index contributed by atoms with van der Waals surface area (Å²) in [6.07, 6.45) is 8.40. The molecular weight excluding hydrogens is 802 g/mol. The molecular formula is C51H40INOS. The van der Waals surface area contributed by atoms with E-state index in [0.29, 0.717) is 5.92 Å². The maximum absolute atomic E-state index is 6.82. The van der Waals surface area contributed by atoms with E-state index in [2.05, 4.69) is 196 Å². The fraction of sp³-hybridized carbons (Fsp3) is 0.176. The average molecular weight is 842 g/mol. The Bertz CT molecular complexity index is 3060. The first-order valence-electron chi connectivity index (χ1n) is 19.3. The summed E-state index contributed by atoms with van der Waals surface area (Å²) in [6.45, 7) is 11.8. The Morgan fingerprint density at radius 3 is 2.36 bits per heavy atom. The van der Waals surface area contributed by atoms with E-state index in [9.17, 15) is 0 Å². The van der Waals surface area contributed by atoms with Crippen LogP contribution in [0.4, 0.5) is 5.69 Å². The molecule has 2 unspecified atom stereocenters. The van der Waals surface area contributed by atoms with Crippen molar-refractivity contribution in [2.75, 3.05) is 4.90 Å². The second kappa shape index (κ2) is 11.8. The lowest BCUT2D eigenvalue weighted by Gasteiger charge is -2.33.